The number of nitrogens with zero attached hydrogens (tertiary/aromatic N) is 2. The first-order valence-electron chi connectivity index (χ1n) is 6.59. The zero-order valence-electron chi connectivity index (χ0n) is 11.7. The van der Waals surface area contributed by atoms with Crippen molar-refractivity contribution >= 4 is 12.0 Å². The van der Waals surface area contributed by atoms with Crippen molar-refractivity contribution < 1.29 is 19.2 Å². The van der Waals surface area contributed by atoms with Gasteiger partial charge in [-0.2, -0.15) is 4.98 Å². The van der Waals surface area contributed by atoms with Gasteiger partial charge in [-0.25, -0.2) is 9.59 Å². The number of nitrogens with one attached hydrogen (secondary N) is 2. The van der Waals surface area contributed by atoms with Gasteiger partial charge in [0.15, 0.2) is 5.82 Å². The molecule has 0 radical (unpaired) electrons. The van der Waals surface area contributed by atoms with Crippen LogP contribution in [0, 0.1) is 6.92 Å². The highest BCUT2D eigenvalue weighted by Gasteiger charge is 2.18. The highest BCUT2D eigenvalue weighted by Crippen LogP contribution is 2.01. The van der Waals surface area contributed by atoms with Gasteiger partial charge in [-0.3, -0.25) is 0 Å². The predicted molar refractivity (Wildman–Crippen MR) is 70.2 cm³/mol. The fraction of sp³-hybridized carbons (Fsp3) is 0.667. The van der Waals surface area contributed by atoms with Gasteiger partial charge in [0.2, 0.25) is 5.89 Å². The van der Waals surface area contributed by atoms with Crippen LogP contribution in [-0.2, 0) is 11.2 Å². The van der Waals surface area contributed by atoms with Crippen LogP contribution in [0.4, 0.5) is 4.79 Å². The lowest BCUT2D eigenvalue weighted by atomic mass is 10.1. The molecule has 1 rings (SSSR count). The number of carbonyl (C=O) groups excluding carboxylic acids is 1. The van der Waals surface area contributed by atoms with Crippen LogP contribution in [0.2, 0.25) is 0 Å². The number of carboxylic acids is 1. The van der Waals surface area contributed by atoms with Crippen molar-refractivity contribution in [3.05, 3.63) is 11.7 Å². The molecule has 0 aliphatic rings. The van der Waals surface area contributed by atoms with E-state index in [0.29, 0.717) is 31.1 Å². The number of unbranched alkanes of at least 4 members (excludes halogenated alkanes) is 1. The Balaban J connectivity index is 2.28. The van der Waals surface area contributed by atoms with E-state index in [2.05, 4.69) is 20.8 Å². The molecular formula is C12H20N4O4. The van der Waals surface area contributed by atoms with Crippen LogP contribution in [0.3, 0.4) is 0 Å². The van der Waals surface area contributed by atoms with Gasteiger partial charge in [0.05, 0.1) is 0 Å². The molecule has 1 aromatic rings. The fourth-order valence-corrected chi connectivity index (χ4v) is 1.60. The van der Waals surface area contributed by atoms with Crippen LogP contribution in [-0.4, -0.2) is 39.8 Å². The van der Waals surface area contributed by atoms with E-state index in [1.807, 2.05) is 6.92 Å². The van der Waals surface area contributed by atoms with E-state index in [4.69, 9.17) is 9.63 Å². The molecule has 8 heteroatoms. The smallest absolute Gasteiger partial charge is 0.326 e. The third-order valence-corrected chi connectivity index (χ3v) is 2.64. The highest BCUT2D eigenvalue weighted by molar-refractivity contribution is 5.82. The van der Waals surface area contributed by atoms with Gasteiger partial charge in [-0.15, -0.1) is 0 Å². The highest BCUT2D eigenvalue weighted by atomic mass is 16.5. The summed E-state index contributed by atoms with van der Waals surface area (Å²) in [4.78, 5) is 26.5. The molecule has 112 valence electrons. The van der Waals surface area contributed by atoms with E-state index in [1.54, 1.807) is 6.92 Å². The van der Waals surface area contributed by atoms with Crippen molar-refractivity contribution in [3.63, 3.8) is 0 Å². The summed E-state index contributed by atoms with van der Waals surface area (Å²) in [6.45, 7) is 3.97. The van der Waals surface area contributed by atoms with E-state index in [-0.39, 0.29) is 0 Å². The average Bonchev–Trinajstić information content (AvgIpc) is 2.80. The third-order valence-electron chi connectivity index (χ3n) is 2.64. The Kier molecular flexibility index (Phi) is 6.48. The molecule has 0 spiro atoms. The number of aromatic nitrogens is 2. The summed E-state index contributed by atoms with van der Waals surface area (Å²) in [6.07, 6.45) is 2.45. The second-order valence-corrected chi connectivity index (χ2v) is 4.42. The number of aryl methyl sites for hydroxylation is 1. The van der Waals surface area contributed by atoms with Crippen LogP contribution in [0.5, 0.6) is 0 Å². The molecule has 0 aromatic carbocycles. The van der Waals surface area contributed by atoms with Crippen molar-refractivity contribution in [1.82, 2.24) is 20.8 Å². The molecule has 8 nitrogen and oxygen atoms in total. The van der Waals surface area contributed by atoms with Crippen molar-refractivity contribution in [2.24, 2.45) is 0 Å². The van der Waals surface area contributed by atoms with Crippen LogP contribution in [0.1, 0.15) is 37.9 Å². The third kappa shape index (κ3) is 5.68. The van der Waals surface area contributed by atoms with Gasteiger partial charge in [0, 0.05) is 13.0 Å². The second kappa shape index (κ2) is 8.13. The first kappa shape index (κ1) is 15.9. The van der Waals surface area contributed by atoms with E-state index in [1.165, 1.54) is 0 Å². The Bertz CT molecular complexity index is 446. The van der Waals surface area contributed by atoms with Crippen LogP contribution < -0.4 is 10.6 Å². The van der Waals surface area contributed by atoms with Gasteiger partial charge in [-0.05, 0) is 13.3 Å². The normalized spacial score (nSPS) is 11.9. The standard InChI is InChI=1S/C12H20N4O4/c1-3-4-5-9(11(17)18)15-12(19)13-7-6-10-14-8(2)16-20-10/h9H,3-7H2,1-2H3,(H,17,18)(H2,13,15,19). The number of carbonyl (C=O) groups is 2. The number of hydrogen-bond acceptors (Lipinski definition) is 5. The Hall–Kier alpha value is -2.12. The lowest BCUT2D eigenvalue weighted by Crippen LogP contribution is -2.46. The quantitative estimate of drug-likeness (QED) is 0.651. The SMILES string of the molecule is CCCCC(NC(=O)NCCc1nc(C)no1)C(=O)O. The molecule has 1 aromatic heterocycles. The van der Waals surface area contributed by atoms with Gasteiger partial charge in [0.25, 0.3) is 0 Å². The van der Waals surface area contributed by atoms with Crippen molar-refractivity contribution in [3.8, 4) is 0 Å². The molecule has 0 bridgehead atoms. The van der Waals surface area contributed by atoms with E-state index in [0.717, 1.165) is 12.8 Å². The number of aliphatic carboxylic acids is 1. The maximum absolute atomic E-state index is 11.6. The summed E-state index contributed by atoms with van der Waals surface area (Å²) < 4.78 is 4.89. The maximum atomic E-state index is 11.6. The molecule has 1 unspecified atom stereocenters. The first-order chi connectivity index (χ1) is 9.52. The predicted octanol–water partition coefficient (Wildman–Crippen LogP) is 0.863. The molecule has 0 aliphatic carbocycles. The molecule has 2 amide bonds. The summed E-state index contributed by atoms with van der Waals surface area (Å²) in [6, 6.07) is -1.37. The Morgan fingerprint density at radius 1 is 1.45 bits per heavy atom. The average molecular weight is 284 g/mol. The molecule has 3 N–H and O–H groups in total. The molecule has 1 heterocycles. The lowest BCUT2D eigenvalue weighted by molar-refractivity contribution is -0.139. The van der Waals surface area contributed by atoms with Crippen LogP contribution >= 0.6 is 0 Å². The van der Waals surface area contributed by atoms with Crippen molar-refractivity contribution in [1.29, 1.82) is 0 Å². The van der Waals surface area contributed by atoms with Gasteiger partial charge >= 0.3 is 12.0 Å². The van der Waals surface area contributed by atoms with Crippen LogP contribution in [0.15, 0.2) is 4.52 Å². The van der Waals surface area contributed by atoms with Gasteiger partial charge < -0.3 is 20.3 Å². The number of carboxylic acid groups (broad SMARTS) is 1. The summed E-state index contributed by atoms with van der Waals surface area (Å²) in [5, 5.41) is 17.6. The van der Waals surface area contributed by atoms with E-state index >= 15 is 0 Å². The molecule has 1 atom stereocenters. The molecule has 0 fully saturated rings. The lowest BCUT2D eigenvalue weighted by Gasteiger charge is -2.14. The number of amides is 2. The monoisotopic (exact) mass is 284 g/mol. The summed E-state index contributed by atoms with van der Waals surface area (Å²) in [7, 11) is 0. The minimum atomic E-state index is -1.03. The van der Waals surface area contributed by atoms with E-state index in [9.17, 15) is 9.59 Å². The Morgan fingerprint density at radius 2 is 2.20 bits per heavy atom. The number of rotatable bonds is 8. The van der Waals surface area contributed by atoms with Gasteiger partial charge in [-0.1, -0.05) is 24.9 Å². The molecule has 20 heavy (non-hydrogen) atoms. The van der Waals surface area contributed by atoms with Gasteiger partial charge in [0.1, 0.15) is 6.04 Å². The first-order valence-corrected chi connectivity index (χ1v) is 6.59. The van der Waals surface area contributed by atoms with Crippen molar-refractivity contribution in [2.75, 3.05) is 6.54 Å². The second-order valence-electron chi connectivity index (χ2n) is 4.42. The minimum absolute atomic E-state index is 0.299. The van der Waals surface area contributed by atoms with Crippen LogP contribution in [0.25, 0.3) is 0 Å². The molecule has 0 saturated carbocycles. The zero-order valence-corrected chi connectivity index (χ0v) is 11.7. The summed E-state index contributed by atoms with van der Waals surface area (Å²) in [5.74, 6) is -0.0559. The number of hydrogen-bond donors (Lipinski definition) is 3. The topological polar surface area (TPSA) is 117 Å². The van der Waals surface area contributed by atoms with E-state index < -0.39 is 18.0 Å². The minimum Gasteiger partial charge on any atom is -0.480 e. The molecular weight excluding hydrogens is 264 g/mol. The Morgan fingerprint density at radius 3 is 2.75 bits per heavy atom. The fourth-order valence-electron chi connectivity index (χ4n) is 1.60. The zero-order chi connectivity index (χ0) is 15.0. The summed E-state index contributed by atoms with van der Waals surface area (Å²) >= 11 is 0. The Labute approximate surface area is 116 Å². The molecule has 0 aliphatic heterocycles. The maximum Gasteiger partial charge on any atom is 0.326 e. The largest absolute Gasteiger partial charge is 0.480 e. The van der Waals surface area contributed by atoms with Crippen molar-refractivity contribution in [2.45, 2.75) is 45.6 Å². The molecule has 0 saturated heterocycles. The number of urea groups is 1. The summed E-state index contributed by atoms with van der Waals surface area (Å²) in [5.41, 5.74) is 0.